The van der Waals surface area contributed by atoms with Crippen molar-refractivity contribution in [3.63, 3.8) is 0 Å². The van der Waals surface area contributed by atoms with Gasteiger partial charge >= 0.3 is 5.97 Å². The quantitative estimate of drug-likeness (QED) is 0.483. The number of aromatic hydroxyl groups is 1. The van der Waals surface area contributed by atoms with Crippen LogP contribution in [0.15, 0.2) is 42.5 Å². The predicted octanol–water partition coefficient (Wildman–Crippen LogP) is 1.80. The Morgan fingerprint density at radius 2 is 1.63 bits per heavy atom. The van der Waals surface area contributed by atoms with Crippen molar-refractivity contribution < 1.29 is 29.0 Å². The van der Waals surface area contributed by atoms with Crippen LogP contribution in [0.2, 0.25) is 0 Å². The number of carbonyl (C=O) groups is 4. The number of ether oxygens (including phenoxy) is 1. The molecule has 138 valence electrons. The molecule has 0 aliphatic carbocycles. The van der Waals surface area contributed by atoms with Crippen LogP contribution in [0.3, 0.4) is 0 Å². The highest BCUT2D eigenvalue weighted by Crippen LogP contribution is 2.29. The Bertz CT molecular complexity index is 933. The Labute approximate surface area is 154 Å². The van der Waals surface area contributed by atoms with E-state index in [1.165, 1.54) is 37.3 Å². The predicted molar refractivity (Wildman–Crippen MR) is 94.5 cm³/mol. The normalized spacial score (nSPS) is 13.9. The first kappa shape index (κ1) is 18.1. The summed E-state index contributed by atoms with van der Waals surface area (Å²) in [6.45, 7) is 1.40. The van der Waals surface area contributed by atoms with E-state index in [0.29, 0.717) is 0 Å². The number of anilines is 1. The van der Waals surface area contributed by atoms with Crippen LogP contribution in [0.4, 0.5) is 5.69 Å². The average Bonchev–Trinajstić information content (AvgIpc) is 2.93. The molecule has 1 unspecified atom stereocenters. The van der Waals surface area contributed by atoms with Crippen LogP contribution in [0.25, 0.3) is 0 Å². The van der Waals surface area contributed by atoms with Crippen LogP contribution in [0.5, 0.6) is 5.75 Å². The Morgan fingerprint density at radius 3 is 2.19 bits per heavy atom. The number of fused-ring (bicyclic) bond motifs is 1. The number of carbonyl (C=O) groups excluding carboxylic acids is 4. The number of para-hydroxylation sites is 1. The molecule has 8 nitrogen and oxygen atoms in total. The highest BCUT2D eigenvalue weighted by molar-refractivity contribution is 6.23. The first-order valence-corrected chi connectivity index (χ1v) is 8.05. The van der Waals surface area contributed by atoms with E-state index < -0.39 is 35.5 Å². The topological polar surface area (TPSA) is 113 Å². The van der Waals surface area contributed by atoms with Crippen LogP contribution >= 0.6 is 0 Å². The van der Waals surface area contributed by atoms with E-state index in [-0.39, 0.29) is 22.4 Å². The molecule has 0 saturated carbocycles. The van der Waals surface area contributed by atoms with Gasteiger partial charge in [-0.3, -0.25) is 19.3 Å². The van der Waals surface area contributed by atoms with Gasteiger partial charge in [0.15, 0.2) is 5.75 Å². The summed E-state index contributed by atoms with van der Waals surface area (Å²) in [6.07, 6.45) is 0. The minimum Gasteiger partial charge on any atom is -0.505 e. The summed E-state index contributed by atoms with van der Waals surface area (Å²) in [5.74, 6) is -3.05. The van der Waals surface area contributed by atoms with Crippen molar-refractivity contribution in [2.75, 3.05) is 12.4 Å². The number of hydrogen-bond donors (Lipinski definition) is 2. The fourth-order valence-corrected chi connectivity index (χ4v) is 2.83. The molecule has 2 aromatic rings. The Kier molecular flexibility index (Phi) is 4.64. The zero-order valence-corrected chi connectivity index (χ0v) is 14.6. The number of phenolic OH excluding ortho intramolecular Hbond substituents is 1. The lowest BCUT2D eigenvalue weighted by Gasteiger charge is -2.22. The van der Waals surface area contributed by atoms with E-state index in [2.05, 4.69) is 10.1 Å². The SMILES string of the molecule is COC(=O)c1cccc(NC(=O)C(C)N2C(=O)c3ccccc3C2=O)c1O. The van der Waals surface area contributed by atoms with E-state index in [9.17, 15) is 24.3 Å². The van der Waals surface area contributed by atoms with Gasteiger partial charge in [0.05, 0.1) is 23.9 Å². The van der Waals surface area contributed by atoms with Crippen molar-refractivity contribution in [2.45, 2.75) is 13.0 Å². The smallest absolute Gasteiger partial charge is 0.341 e. The zero-order valence-electron chi connectivity index (χ0n) is 14.6. The molecule has 8 heteroatoms. The van der Waals surface area contributed by atoms with Crippen LogP contribution in [0.1, 0.15) is 38.0 Å². The molecule has 3 rings (SSSR count). The second-order valence-corrected chi connectivity index (χ2v) is 5.88. The number of phenols is 1. The van der Waals surface area contributed by atoms with Crippen molar-refractivity contribution >= 4 is 29.4 Å². The number of rotatable bonds is 4. The molecule has 2 aromatic carbocycles. The zero-order chi connectivity index (χ0) is 19.7. The summed E-state index contributed by atoms with van der Waals surface area (Å²) in [5, 5.41) is 12.6. The van der Waals surface area contributed by atoms with Gasteiger partial charge < -0.3 is 15.2 Å². The molecule has 0 radical (unpaired) electrons. The van der Waals surface area contributed by atoms with E-state index in [1.54, 1.807) is 12.1 Å². The summed E-state index contributed by atoms with van der Waals surface area (Å²) in [5.41, 5.74) is 0.311. The second-order valence-electron chi connectivity index (χ2n) is 5.88. The van der Waals surface area contributed by atoms with E-state index in [1.807, 2.05) is 0 Å². The third-order valence-electron chi connectivity index (χ3n) is 4.29. The van der Waals surface area contributed by atoms with Gasteiger partial charge in [0.1, 0.15) is 11.6 Å². The van der Waals surface area contributed by atoms with Gasteiger partial charge in [-0.15, -0.1) is 0 Å². The largest absolute Gasteiger partial charge is 0.505 e. The van der Waals surface area contributed by atoms with Crippen molar-refractivity contribution in [1.82, 2.24) is 4.90 Å². The minimum absolute atomic E-state index is 0.0358. The third kappa shape index (κ3) is 3.01. The molecule has 0 bridgehead atoms. The molecule has 1 atom stereocenters. The average molecular weight is 368 g/mol. The molecule has 0 fully saturated rings. The van der Waals surface area contributed by atoms with Crippen molar-refractivity contribution in [3.05, 3.63) is 59.2 Å². The van der Waals surface area contributed by atoms with Gasteiger partial charge in [-0.25, -0.2) is 4.79 Å². The molecule has 27 heavy (non-hydrogen) atoms. The standard InChI is InChI=1S/C19H16N2O6/c1-10(21-17(24)11-6-3-4-7-12(11)18(21)25)16(23)20-14-9-5-8-13(15(14)22)19(26)27-2/h3-10,22H,1-2H3,(H,20,23). The lowest BCUT2D eigenvalue weighted by Crippen LogP contribution is -2.45. The Hall–Kier alpha value is -3.68. The lowest BCUT2D eigenvalue weighted by molar-refractivity contribution is -0.119. The summed E-state index contributed by atoms with van der Waals surface area (Å²) in [4.78, 5) is 50.0. The van der Waals surface area contributed by atoms with E-state index in [0.717, 1.165) is 12.0 Å². The number of nitrogens with one attached hydrogen (secondary N) is 1. The molecular weight excluding hydrogens is 352 g/mol. The highest BCUT2D eigenvalue weighted by atomic mass is 16.5. The Balaban J connectivity index is 1.83. The first-order valence-electron chi connectivity index (χ1n) is 8.05. The molecule has 1 heterocycles. The summed E-state index contributed by atoms with van der Waals surface area (Å²) < 4.78 is 4.56. The van der Waals surface area contributed by atoms with Crippen molar-refractivity contribution in [2.24, 2.45) is 0 Å². The minimum atomic E-state index is -1.13. The number of amides is 3. The van der Waals surface area contributed by atoms with Gasteiger partial charge in [0.2, 0.25) is 5.91 Å². The maximum absolute atomic E-state index is 12.6. The van der Waals surface area contributed by atoms with Crippen molar-refractivity contribution in [3.8, 4) is 5.75 Å². The van der Waals surface area contributed by atoms with Crippen molar-refractivity contribution in [1.29, 1.82) is 0 Å². The Morgan fingerprint density at radius 1 is 1.04 bits per heavy atom. The van der Waals surface area contributed by atoms with Crippen LogP contribution in [-0.4, -0.2) is 46.8 Å². The first-order chi connectivity index (χ1) is 12.9. The maximum Gasteiger partial charge on any atom is 0.341 e. The van der Waals surface area contributed by atoms with E-state index in [4.69, 9.17) is 0 Å². The summed E-state index contributed by atoms with van der Waals surface area (Å²) in [7, 11) is 1.16. The molecule has 0 saturated heterocycles. The van der Waals surface area contributed by atoms with Crippen LogP contribution in [0, 0.1) is 0 Å². The number of benzene rings is 2. The van der Waals surface area contributed by atoms with Gasteiger partial charge in [-0.2, -0.15) is 0 Å². The van der Waals surface area contributed by atoms with Gasteiger partial charge in [0, 0.05) is 0 Å². The molecule has 1 aliphatic rings. The fraction of sp³-hybridized carbons (Fsp3) is 0.158. The number of nitrogens with zero attached hydrogens (tertiary/aromatic N) is 1. The molecule has 0 spiro atoms. The summed E-state index contributed by atoms with van der Waals surface area (Å²) >= 11 is 0. The number of imide groups is 1. The molecular formula is C19H16N2O6. The van der Waals surface area contributed by atoms with Gasteiger partial charge in [-0.05, 0) is 31.2 Å². The molecule has 3 amide bonds. The monoisotopic (exact) mass is 368 g/mol. The van der Waals surface area contributed by atoms with Crippen LogP contribution in [-0.2, 0) is 9.53 Å². The number of esters is 1. The molecule has 1 aliphatic heterocycles. The second kappa shape index (κ2) is 6.91. The number of methoxy groups -OCH3 is 1. The molecule has 0 aromatic heterocycles. The maximum atomic E-state index is 12.6. The number of hydrogen-bond acceptors (Lipinski definition) is 6. The fourth-order valence-electron chi connectivity index (χ4n) is 2.83. The molecule has 2 N–H and O–H groups in total. The lowest BCUT2D eigenvalue weighted by atomic mass is 10.1. The van der Waals surface area contributed by atoms with Crippen LogP contribution < -0.4 is 5.32 Å². The van der Waals surface area contributed by atoms with Gasteiger partial charge in [-0.1, -0.05) is 18.2 Å². The van der Waals surface area contributed by atoms with Gasteiger partial charge in [0.25, 0.3) is 11.8 Å². The third-order valence-corrected chi connectivity index (χ3v) is 4.29. The summed E-state index contributed by atoms with van der Waals surface area (Å²) in [6, 6.07) is 9.35. The van der Waals surface area contributed by atoms with E-state index >= 15 is 0 Å². The highest BCUT2D eigenvalue weighted by Gasteiger charge is 2.40.